The van der Waals surface area contributed by atoms with Crippen molar-refractivity contribution in [3.8, 4) is 0 Å². The van der Waals surface area contributed by atoms with E-state index in [0.29, 0.717) is 0 Å². The van der Waals surface area contributed by atoms with E-state index in [1.54, 1.807) is 0 Å². The monoisotopic (exact) mass is 367 g/mol. The molecule has 120 valence electrons. The number of nitrogens with one attached hydrogen (secondary N) is 1. The maximum atomic E-state index is 9.49. The first kappa shape index (κ1) is 23.3. The van der Waals surface area contributed by atoms with Crippen LogP contribution in [-0.4, -0.2) is 18.5 Å². The summed E-state index contributed by atoms with van der Waals surface area (Å²) >= 11 is 0. The van der Waals surface area contributed by atoms with Crippen LogP contribution in [0.25, 0.3) is 0 Å². The SMILES string of the molecule is C=C(C)C(=O)[O-].C=C(C)C(=O)[O-].[Zn+2].c1ccc2c(c1)CCCN2. The molecule has 1 aliphatic heterocycles. The molecule has 0 saturated carbocycles. The number of anilines is 1. The predicted molar refractivity (Wildman–Crippen MR) is 82.9 cm³/mol. The summed E-state index contributed by atoms with van der Waals surface area (Å²) in [6.45, 7) is 10.1. The zero-order valence-corrected chi connectivity index (χ0v) is 16.7. The van der Waals surface area contributed by atoms with Crippen molar-refractivity contribution in [1.29, 1.82) is 0 Å². The minimum Gasteiger partial charge on any atom is -0.545 e. The number of aliphatic carboxylic acids is 2. The Morgan fingerprint density at radius 3 is 1.87 bits per heavy atom. The maximum Gasteiger partial charge on any atom is 2.00 e. The van der Waals surface area contributed by atoms with Crippen molar-refractivity contribution in [1.82, 2.24) is 0 Å². The third-order valence-electron chi connectivity index (χ3n) is 2.65. The van der Waals surface area contributed by atoms with Gasteiger partial charge in [0.2, 0.25) is 0 Å². The summed E-state index contributed by atoms with van der Waals surface area (Å²) in [6.07, 6.45) is 2.51. The number of para-hydroxylation sites is 1. The number of aryl methyl sites for hydroxylation is 1. The van der Waals surface area contributed by atoms with Crippen molar-refractivity contribution >= 4 is 17.6 Å². The molecule has 0 aromatic heterocycles. The summed E-state index contributed by atoms with van der Waals surface area (Å²) in [5.41, 5.74) is 2.92. The van der Waals surface area contributed by atoms with Gasteiger partial charge in [-0.1, -0.05) is 31.4 Å². The molecule has 0 fully saturated rings. The van der Waals surface area contributed by atoms with E-state index >= 15 is 0 Å². The zero-order chi connectivity index (χ0) is 17.1. The standard InChI is InChI=1S/C9H11N.2C4H6O2.Zn/c1-2-6-9-8(4-1)5-3-7-10-9;2*1-3(2)4(5)6;/h1-2,4,6,10H,3,5,7H2;2*1H2,2H3,(H,5,6);/q;;;+2/p-2. The van der Waals surface area contributed by atoms with Gasteiger partial charge in [-0.05, 0) is 49.5 Å². The van der Waals surface area contributed by atoms with Crippen LogP contribution in [0.15, 0.2) is 48.6 Å². The second-order valence-electron chi connectivity index (χ2n) is 4.82. The maximum absolute atomic E-state index is 9.49. The van der Waals surface area contributed by atoms with Crippen LogP contribution in [0.3, 0.4) is 0 Å². The number of carbonyl (C=O) groups is 2. The first-order valence-corrected chi connectivity index (χ1v) is 6.81. The molecule has 1 aliphatic rings. The average molecular weight is 369 g/mol. The summed E-state index contributed by atoms with van der Waals surface area (Å²) in [7, 11) is 0. The van der Waals surface area contributed by atoms with Gasteiger partial charge in [0, 0.05) is 12.2 Å². The van der Waals surface area contributed by atoms with Gasteiger partial charge >= 0.3 is 19.5 Å². The molecule has 5 nitrogen and oxygen atoms in total. The second-order valence-corrected chi connectivity index (χ2v) is 4.82. The predicted octanol–water partition coefficient (Wildman–Crippen LogP) is 0.667. The minimum atomic E-state index is -1.19. The van der Waals surface area contributed by atoms with E-state index in [4.69, 9.17) is 0 Å². The van der Waals surface area contributed by atoms with Crippen molar-refractivity contribution < 1.29 is 39.3 Å². The number of carboxylic acid groups (broad SMARTS) is 2. The normalized spacial score (nSPS) is 10.7. The van der Waals surface area contributed by atoms with E-state index in [0.717, 1.165) is 6.54 Å². The fraction of sp³-hybridized carbons (Fsp3) is 0.294. The number of fused-ring (bicyclic) bond motifs is 1. The van der Waals surface area contributed by atoms with E-state index in [9.17, 15) is 19.8 Å². The third-order valence-corrected chi connectivity index (χ3v) is 2.65. The molecular weight excluding hydrogens is 348 g/mol. The summed E-state index contributed by atoms with van der Waals surface area (Å²) in [5.74, 6) is -2.37. The quantitative estimate of drug-likeness (QED) is 0.612. The summed E-state index contributed by atoms with van der Waals surface area (Å²) in [6, 6.07) is 8.53. The Bertz CT molecular complexity index is 482. The smallest absolute Gasteiger partial charge is 0.545 e. The third kappa shape index (κ3) is 11.3. The first-order chi connectivity index (χ1) is 10.3. The van der Waals surface area contributed by atoms with Gasteiger partial charge in [0.25, 0.3) is 0 Å². The number of hydrogen-bond donors (Lipinski definition) is 1. The first-order valence-electron chi connectivity index (χ1n) is 6.81. The zero-order valence-electron chi connectivity index (χ0n) is 13.7. The number of carboxylic acids is 2. The summed E-state index contributed by atoms with van der Waals surface area (Å²) in [5, 5.41) is 22.3. The van der Waals surface area contributed by atoms with Gasteiger partial charge in [0.05, 0.1) is 11.9 Å². The number of carbonyl (C=O) groups excluding carboxylic acids is 2. The van der Waals surface area contributed by atoms with Crippen LogP contribution < -0.4 is 15.5 Å². The molecule has 0 bridgehead atoms. The molecule has 0 radical (unpaired) electrons. The van der Waals surface area contributed by atoms with Crippen molar-refractivity contribution in [2.75, 3.05) is 11.9 Å². The van der Waals surface area contributed by atoms with Gasteiger partial charge in [-0.2, -0.15) is 0 Å². The molecule has 0 aliphatic carbocycles. The van der Waals surface area contributed by atoms with E-state index < -0.39 is 11.9 Å². The van der Waals surface area contributed by atoms with E-state index in [1.807, 2.05) is 0 Å². The molecule has 0 unspecified atom stereocenters. The molecular formula is C17H21NO4Zn. The molecule has 23 heavy (non-hydrogen) atoms. The van der Waals surface area contributed by atoms with Gasteiger partial charge in [0.15, 0.2) is 0 Å². The Hall–Kier alpha value is -1.94. The molecule has 1 N–H and O–H groups in total. The fourth-order valence-electron chi connectivity index (χ4n) is 1.41. The van der Waals surface area contributed by atoms with Crippen molar-refractivity contribution in [2.45, 2.75) is 26.7 Å². The van der Waals surface area contributed by atoms with Crippen LogP contribution in [0.4, 0.5) is 5.69 Å². The number of benzene rings is 1. The number of rotatable bonds is 2. The Morgan fingerprint density at radius 1 is 1.04 bits per heavy atom. The Kier molecular flexibility index (Phi) is 12.8. The molecule has 0 atom stereocenters. The van der Waals surface area contributed by atoms with Gasteiger partial charge in [-0.25, -0.2) is 0 Å². The van der Waals surface area contributed by atoms with Crippen LogP contribution >= 0.6 is 0 Å². The summed E-state index contributed by atoms with van der Waals surface area (Å²) in [4.78, 5) is 19.0. The molecule has 1 heterocycles. The molecule has 1 aromatic rings. The largest absolute Gasteiger partial charge is 2.00 e. The minimum absolute atomic E-state index is 0. The Morgan fingerprint density at radius 2 is 1.48 bits per heavy atom. The van der Waals surface area contributed by atoms with Crippen molar-refractivity contribution in [3.05, 3.63) is 54.1 Å². The number of hydrogen-bond acceptors (Lipinski definition) is 5. The Labute approximate surface area is 149 Å². The van der Waals surface area contributed by atoms with E-state index in [2.05, 4.69) is 42.7 Å². The van der Waals surface area contributed by atoms with Crippen LogP contribution in [0.2, 0.25) is 0 Å². The van der Waals surface area contributed by atoms with Gasteiger partial charge in [-0.15, -0.1) is 0 Å². The molecule has 6 heteroatoms. The molecule has 1 aromatic carbocycles. The Balaban J connectivity index is 0. The van der Waals surface area contributed by atoms with E-state index in [1.165, 1.54) is 37.9 Å². The summed E-state index contributed by atoms with van der Waals surface area (Å²) < 4.78 is 0. The van der Waals surface area contributed by atoms with Gasteiger partial charge in [0.1, 0.15) is 0 Å². The second kappa shape index (κ2) is 12.6. The van der Waals surface area contributed by atoms with Crippen LogP contribution in [0.1, 0.15) is 25.8 Å². The van der Waals surface area contributed by atoms with Gasteiger partial charge < -0.3 is 25.1 Å². The topological polar surface area (TPSA) is 92.3 Å². The fourth-order valence-corrected chi connectivity index (χ4v) is 1.41. The molecule has 0 spiro atoms. The van der Waals surface area contributed by atoms with Crippen LogP contribution in [-0.2, 0) is 35.5 Å². The van der Waals surface area contributed by atoms with Crippen molar-refractivity contribution in [3.63, 3.8) is 0 Å². The molecule has 0 amide bonds. The van der Waals surface area contributed by atoms with Crippen LogP contribution in [0.5, 0.6) is 0 Å². The molecule has 0 saturated heterocycles. The van der Waals surface area contributed by atoms with Gasteiger partial charge in [-0.3, -0.25) is 0 Å². The van der Waals surface area contributed by atoms with E-state index in [-0.39, 0.29) is 30.6 Å². The van der Waals surface area contributed by atoms with Crippen LogP contribution in [0, 0.1) is 0 Å². The van der Waals surface area contributed by atoms with Crippen molar-refractivity contribution in [2.24, 2.45) is 0 Å². The average Bonchev–Trinajstić information content (AvgIpc) is 2.48. The molecule has 2 rings (SSSR count).